The average molecular weight is 401 g/mol. The van der Waals surface area contributed by atoms with Crippen LogP contribution in [-0.2, 0) is 6.42 Å². The highest BCUT2D eigenvalue weighted by atomic mass is 19.1. The minimum absolute atomic E-state index is 0.150. The van der Waals surface area contributed by atoms with E-state index in [2.05, 4.69) is 10.2 Å². The molecule has 0 aliphatic rings. The van der Waals surface area contributed by atoms with E-state index in [9.17, 15) is 13.9 Å². The van der Waals surface area contributed by atoms with Crippen molar-refractivity contribution in [2.45, 2.75) is 18.9 Å². The van der Waals surface area contributed by atoms with Crippen molar-refractivity contribution in [2.75, 3.05) is 26.7 Å². The third kappa shape index (κ3) is 6.66. The molecule has 1 atom stereocenters. The third-order valence-corrected chi connectivity index (χ3v) is 4.54. The predicted molar refractivity (Wildman–Crippen MR) is 108 cm³/mol. The number of aromatic amines is 1. The summed E-state index contributed by atoms with van der Waals surface area (Å²) in [5, 5.41) is 17.4. The quantitative estimate of drug-likeness (QED) is 0.544. The standard InChI is InChI=1S/C22H25F2N3O2/c1-27(14-20(28)15-29-21-10-8-18(24)9-11-21)12-2-3-19-13-22(26-25-19)16-4-6-17(23)7-5-16/h4-11,13,20,28H,2-3,12,14-15H2,1H3,(H,25,26). The highest BCUT2D eigenvalue weighted by molar-refractivity contribution is 5.58. The van der Waals surface area contributed by atoms with Crippen molar-refractivity contribution in [3.8, 4) is 17.0 Å². The highest BCUT2D eigenvalue weighted by Crippen LogP contribution is 2.18. The number of hydrogen-bond acceptors (Lipinski definition) is 4. The van der Waals surface area contributed by atoms with E-state index in [1.54, 1.807) is 12.1 Å². The van der Waals surface area contributed by atoms with Gasteiger partial charge in [0.25, 0.3) is 0 Å². The van der Waals surface area contributed by atoms with Gasteiger partial charge in [-0.05, 0) is 81.0 Å². The molecular formula is C22H25F2N3O2. The minimum Gasteiger partial charge on any atom is -0.491 e. The number of nitrogens with zero attached hydrogens (tertiary/aromatic N) is 2. The lowest BCUT2D eigenvalue weighted by Crippen LogP contribution is -2.33. The lowest BCUT2D eigenvalue weighted by Gasteiger charge is -2.20. The first kappa shape index (κ1) is 21.0. The van der Waals surface area contributed by atoms with Gasteiger partial charge in [0.2, 0.25) is 0 Å². The SMILES string of the molecule is CN(CCCc1cc(-c2ccc(F)cc2)n[nH]1)CC(O)COc1ccc(F)cc1. The summed E-state index contributed by atoms with van der Waals surface area (Å²) in [5.74, 6) is -0.0539. The first-order valence-corrected chi connectivity index (χ1v) is 9.55. The lowest BCUT2D eigenvalue weighted by molar-refractivity contribution is 0.0760. The molecule has 3 rings (SSSR count). The predicted octanol–water partition coefficient (Wildman–Crippen LogP) is 3.66. The van der Waals surface area contributed by atoms with Crippen LogP contribution in [0.2, 0.25) is 0 Å². The summed E-state index contributed by atoms with van der Waals surface area (Å²) in [6.45, 7) is 1.43. The van der Waals surface area contributed by atoms with E-state index in [-0.39, 0.29) is 18.2 Å². The topological polar surface area (TPSA) is 61.4 Å². The summed E-state index contributed by atoms with van der Waals surface area (Å²) >= 11 is 0. The van der Waals surface area contributed by atoms with Crippen molar-refractivity contribution in [1.82, 2.24) is 15.1 Å². The third-order valence-electron chi connectivity index (χ3n) is 4.54. The van der Waals surface area contributed by atoms with Gasteiger partial charge in [-0.1, -0.05) is 0 Å². The van der Waals surface area contributed by atoms with Crippen LogP contribution in [-0.4, -0.2) is 53.1 Å². The van der Waals surface area contributed by atoms with E-state index < -0.39 is 6.10 Å². The van der Waals surface area contributed by atoms with Crippen LogP contribution in [0, 0.1) is 11.6 Å². The van der Waals surface area contributed by atoms with E-state index in [1.165, 1.54) is 36.4 Å². The van der Waals surface area contributed by atoms with Gasteiger partial charge in [0.1, 0.15) is 30.1 Å². The molecule has 0 radical (unpaired) electrons. The number of halogens is 2. The number of aliphatic hydroxyl groups excluding tert-OH is 1. The van der Waals surface area contributed by atoms with Crippen LogP contribution in [0.15, 0.2) is 54.6 Å². The number of ether oxygens (including phenoxy) is 1. The Morgan fingerprint density at radius 1 is 1.07 bits per heavy atom. The van der Waals surface area contributed by atoms with Crippen molar-refractivity contribution < 1.29 is 18.6 Å². The fourth-order valence-corrected chi connectivity index (χ4v) is 3.02. The Kier molecular flexibility index (Phi) is 7.32. The molecule has 2 aromatic carbocycles. The summed E-state index contributed by atoms with van der Waals surface area (Å²) in [5.41, 5.74) is 2.68. The molecule has 0 spiro atoms. The molecule has 0 saturated heterocycles. The largest absolute Gasteiger partial charge is 0.491 e. The Balaban J connectivity index is 1.36. The molecule has 0 saturated carbocycles. The zero-order valence-corrected chi connectivity index (χ0v) is 16.3. The monoisotopic (exact) mass is 401 g/mol. The number of hydrogen-bond donors (Lipinski definition) is 2. The van der Waals surface area contributed by atoms with Crippen molar-refractivity contribution in [3.63, 3.8) is 0 Å². The Bertz CT molecular complexity index is 882. The summed E-state index contributed by atoms with van der Waals surface area (Å²) < 4.78 is 31.4. The molecule has 0 fully saturated rings. The van der Waals surface area contributed by atoms with Gasteiger partial charge in [-0.3, -0.25) is 5.10 Å². The maximum atomic E-state index is 13.0. The maximum Gasteiger partial charge on any atom is 0.123 e. The molecule has 0 aliphatic carbocycles. The summed E-state index contributed by atoms with van der Waals surface area (Å²) in [4.78, 5) is 2.04. The zero-order chi connectivity index (χ0) is 20.6. The van der Waals surface area contributed by atoms with Crippen molar-refractivity contribution >= 4 is 0 Å². The second-order valence-electron chi connectivity index (χ2n) is 7.07. The van der Waals surface area contributed by atoms with Crippen LogP contribution >= 0.6 is 0 Å². The molecule has 7 heteroatoms. The van der Waals surface area contributed by atoms with E-state index in [1.807, 2.05) is 18.0 Å². The van der Waals surface area contributed by atoms with E-state index in [0.29, 0.717) is 12.3 Å². The maximum absolute atomic E-state index is 13.0. The number of aryl methyl sites for hydroxylation is 1. The molecule has 5 nitrogen and oxygen atoms in total. The van der Waals surface area contributed by atoms with Crippen LogP contribution in [0.25, 0.3) is 11.3 Å². The molecule has 2 N–H and O–H groups in total. The Morgan fingerprint density at radius 2 is 1.72 bits per heavy atom. The fraction of sp³-hybridized carbons (Fsp3) is 0.318. The minimum atomic E-state index is -0.637. The average Bonchev–Trinajstić information content (AvgIpc) is 3.17. The van der Waals surface area contributed by atoms with Crippen molar-refractivity contribution in [1.29, 1.82) is 0 Å². The lowest BCUT2D eigenvalue weighted by atomic mass is 10.1. The van der Waals surface area contributed by atoms with Crippen molar-refractivity contribution in [2.24, 2.45) is 0 Å². The Morgan fingerprint density at radius 3 is 2.41 bits per heavy atom. The summed E-state index contributed by atoms with van der Waals surface area (Å²) in [6.07, 6.45) is 1.08. The Labute approximate surface area is 168 Å². The first-order valence-electron chi connectivity index (χ1n) is 9.55. The van der Waals surface area contributed by atoms with Crippen LogP contribution in [0.5, 0.6) is 5.75 Å². The molecule has 1 heterocycles. The molecule has 154 valence electrons. The van der Waals surface area contributed by atoms with Crippen LogP contribution in [0.1, 0.15) is 12.1 Å². The molecule has 3 aromatic rings. The van der Waals surface area contributed by atoms with Gasteiger partial charge in [-0.2, -0.15) is 5.10 Å². The van der Waals surface area contributed by atoms with Gasteiger partial charge in [-0.15, -0.1) is 0 Å². The van der Waals surface area contributed by atoms with Crippen LogP contribution in [0.3, 0.4) is 0 Å². The Hall–Kier alpha value is -2.77. The van der Waals surface area contributed by atoms with E-state index in [0.717, 1.165) is 36.3 Å². The van der Waals surface area contributed by atoms with Gasteiger partial charge >= 0.3 is 0 Å². The molecule has 29 heavy (non-hydrogen) atoms. The van der Waals surface area contributed by atoms with Gasteiger partial charge in [0.15, 0.2) is 0 Å². The second kappa shape index (κ2) is 10.1. The van der Waals surface area contributed by atoms with Gasteiger partial charge < -0.3 is 14.7 Å². The molecule has 0 bridgehead atoms. The van der Waals surface area contributed by atoms with Crippen molar-refractivity contribution in [3.05, 3.63) is 71.9 Å². The number of H-pyrrole nitrogens is 1. The van der Waals surface area contributed by atoms with E-state index >= 15 is 0 Å². The zero-order valence-electron chi connectivity index (χ0n) is 16.3. The van der Waals surface area contributed by atoms with Gasteiger partial charge in [0.05, 0.1) is 5.69 Å². The molecule has 0 amide bonds. The number of aliphatic hydroxyl groups is 1. The van der Waals surface area contributed by atoms with Crippen LogP contribution < -0.4 is 4.74 Å². The summed E-state index contributed by atoms with van der Waals surface area (Å²) in [7, 11) is 1.94. The smallest absolute Gasteiger partial charge is 0.123 e. The number of likely N-dealkylation sites (N-methyl/N-ethyl adjacent to an activating group) is 1. The van der Waals surface area contributed by atoms with Gasteiger partial charge in [-0.25, -0.2) is 8.78 Å². The first-order chi connectivity index (χ1) is 14.0. The number of aromatic nitrogens is 2. The number of nitrogens with one attached hydrogen (secondary N) is 1. The number of rotatable bonds is 10. The normalized spacial score (nSPS) is 12.3. The van der Waals surface area contributed by atoms with Gasteiger partial charge in [0, 0.05) is 17.8 Å². The second-order valence-corrected chi connectivity index (χ2v) is 7.07. The fourth-order valence-electron chi connectivity index (χ4n) is 3.02. The molecule has 1 unspecified atom stereocenters. The molecular weight excluding hydrogens is 376 g/mol. The highest BCUT2D eigenvalue weighted by Gasteiger charge is 2.10. The molecule has 0 aliphatic heterocycles. The molecule has 1 aromatic heterocycles. The van der Waals surface area contributed by atoms with Crippen LogP contribution in [0.4, 0.5) is 8.78 Å². The number of benzene rings is 2. The van der Waals surface area contributed by atoms with E-state index in [4.69, 9.17) is 4.74 Å². The summed E-state index contributed by atoms with van der Waals surface area (Å²) in [6, 6.07) is 13.9.